The number of hydrogen-bond acceptors (Lipinski definition) is 1. The second kappa shape index (κ2) is 4.89. The fourth-order valence-electron chi connectivity index (χ4n) is 2.05. The zero-order valence-electron chi connectivity index (χ0n) is 7.94. The predicted octanol–water partition coefficient (Wildman–Crippen LogP) is 2.97. The van der Waals surface area contributed by atoms with E-state index < -0.39 is 12.5 Å². The average molecular weight is 192 g/mol. The highest BCUT2D eigenvalue weighted by atomic mass is 19.3. The van der Waals surface area contributed by atoms with E-state index in [0.717, 1.165) is 25.7 Å². The van der Waals surface area contributed by atoms with Gasteiger partial charge >= 0.3 is 0 Å². The summed E-state index contributed by atoms with van der Waals surface area (Å²) in [5.74, 6) is -2.72. The Hall–Kier alpha value is -0.180. The highest BCUT2D eigenvalue weighted by molar-refractivity contribution is 4.73. The van der Waals surface area contributed by atoms with Crippen LogP contribution in [0.1, 0.15) is 44.9 Å². The molecule has 0 radical (unpaired) electrons. The lowest BCUT2D eigenvalue weighted by atomic mass is 9.93. The number of hydrogen-bond donors (Lipinski definition) is 1. The first-order valence-electron chi connectivity index (χ1n) is 5.13. The van der Waals surface area contributed by atoms with Crippen molar-refractivity contribution < 1.29 is 13.9 Å². The molecular weight excluding hydrogens is 174 g/mol. The molecule has 1 aliphatic rings. The van der Waals surface area contributed by atoms with Gasteiger partial charge in [-0.25, -0.2) is 8.78 Å². The summed E-state index contributed by atoms with van der Waals surface area (Å²) >= 11 is 0. The Morgan fingerprint density at radius 3 is 2.08 bits per heavy atom. The van der Waals surface area contributed by atoms with Gasteiger partial charge in [-0.2, -0.15) is 0 Å². The fraction of sp³-hybridized carbons (Fsp3) is 1.00. The normalized spacial score (nSPS) is 21.5. The molecule has 0 aliphatic heterocycles. The molecule has 0 aromatic rings. The largest absolute Gasteiger partial charge is 0.390 e. The molecule has 1 N–H and O–H groups in total. The van der Waals surface area contributed by atoms with Crippen LogP contribution in [0.2, 0.25) is 0 Å². The SMILES string of the molecule is OCC(F)(F)CC1CCCCCC1. The van der Waals surface area contributed by atoms with E-state index in [4.69, 9.17) is 5.11 Å². The van der Waals surface area contributed by atoms with Crippen molar-refractivity contribution in [3.05, 3.63) is 0 Å². The van der Waals surface area contributed by atoms with Crippen LogP contribution < -0.4 is 0 Å². The molecule has 0 saturated heterocycles. The van der Waals surface area contributed by atoms with Gasteiger partial charge in [0.15, 0.2) is 0 Å². The number of aliphatic hydroxyl groups excluding tert-OH is 1. The van der Waals surface area contributed by atoms with Crippen LogP contribution in [0.25, 0.3) is 0 Å². The van der Waals surface area contributed by atoms with Crippen molar-refractivity contribution in [2.75, 3.05) is 6.61 Å². The highest BCUT2D eigenvalue weighted by Gasteiger charge is 2.31. The van der Waals surface area contributed by atoms with Gasteiger partial charge in [-0.1, -0.05) is 38.5 Å². The molecule has 78 valence electrons. The summed E-state index contributed by atoms with van der Waals surface area (Å²) in [6.45, 7) is -0.997. The maximum atomic E-state index is 12.8. The van der Waals surface area contributed by atoms with Crippen LogP contribution in [0.15, 0.2) is 0 Å². The van der Waals surface area contributed by atoms with E-state index in [1.807, 2.05) is 0 Å². The van der Waals surface area contributed by atoms with Crippen LogP contribution >= 0.6 is 0 Å². The highest BCUT2D eigenvalue weighted by Crippen LogP contribution is 2.32. The van der Waals surface area contributed by atoms with Crippen molar-refractivity contribution in [3.63, 3.8) is 0 Å². The van der Waals surface area contributed by atoms with E-state index in [1.165, 1.54) is 12.8 Å². The van der Waals surface area contributed by atoms with Gasteiger partial charge in [-0.15, -0.1) is 0 Å². The van der Waals surface area contributed by atoms with E-state index in [1.54, 1.807) is 0 Å². The lowest BCUT2D eigenvalue weighted by molar-refractivity contribution is -0.0689. The van der Waals surface area contributed by atoms with E-state index in [0.29, 0.717) is 0 Å². The molecule has 1 rings (SSSR count). The minimum absolute atomic E-state index is 0.122. The van der Waals surface area contributed by atoms with Crippen LogP contribution in [0.4, 0.5) is 8.78 Å². The van der Waals surface area contributed by atoms with Crippen LogP contribution in [0.5, 0.6) is 0 Å². The smallest absolute Gasteiger partial charge is 0.270 e. The molecule has 1 fully saturated rings. The van der Waals surface area contributed by atoms with Gasteiger partial charge in [0.1, 0.15) is 6.61 Å². The average Bonchev–Trinajstić information content (AvgIpc) is 2.32. The molecule has 0 aromatic heterocycles. The monoisotopic (exact) mass is 192 g/mol. The number of alkyl halides is 2. The maximum absolute atomic E-state index is 12.8. The third kappa shape index (κ3) is 4.03. The first-order chi connectivity index (χ1) is 6.14. The topological polar surface area (TPSA) is 20.2 Å². The van der Waals surface area contributed by atoms with E-state index in [9.17, 15) is 8.78 Å². The second-order valence-electron chi connectivity index (χ2n) is 4.08. The lowest BCUT2D eigenvalue weighted by Gasteiger charge is -2.20. The van der Waals surface area contributed by atoms with Gasteiger partial charge < -0.3 is 5.11 Å². The molecule has 0 spiro atoms. The molecule has 0 heterocycles. The predicted molar refractivity (Wildman–Crippen MR) is 47.8 cm³/mol. The summed E-state index contributed by atoms with van der Waals surface area (Å²) in [5, 5.41) is 8.44. The van der Waals surface area contributed by atoms with Crippen LogP contribution in [0.3, 0.4) is 0 Å². The number of aliphatic hydroxyl groups is 1. The molecule has 0 bridgehead atoms. The van der Waals surface area contributed by atoms with Crippen LogP contribution in [0, 0.1) is 5.92 Å². The van der Waals surface area contributed by atoms with Gasteiger partial charge in [0.2, 0.25) is 0 Å². The Labute approximate surface area is 78.1 Å². The number of halogens is 2. The third-order valence-electron chi connectivity index (χ3n) is 2.79. The van der Waals surface area contributed by atoms with Gasteiger partial charge in [0.05, 0.1) is 0 Å². The van der Waals surface area contributed by atoms with Crippen molar-refractivity contribution in [2.24, 2.45) is 5.92 Å². The summed E-state index contributed by atoms with van der Waals surface area (Å²) in [4.78, 5) is 0. The molecule has 0 atom stereocenters. The minimum atomic E-state index is -2.85. The van der Waals surface area contributed by atoms with Gasteiger partial charge in [-0.05, 0) is 5.92 Å². The third-order valence-corrected chi connectivity index (χ3v) is 2.79. The quantitative estimate of drug-likeness (QED) is 0.681. The van der Waals surface area contributed by atoms with Crippen molar-refractivity contribution in [2.45, 2.75) is 50.9 Å². The second-order valence-corrected chi connectivity index (χ2v) is 4.08. The van der Waals surface area contributed by atoms with Crippen molar-refractivity contribution in [1.82, 2.24) is 0 Å². The number of rotatable bonds is 3. The zero-order valence-corrected chi connectivity index (χ0v) is 7.94. The van der Waals surface area contributed by atoms with Crippen molar-refractivity contribution in [3.8, 4) is 0 Å². The molecular formula is C10H18F2O. The maximum Gasteiger partial charge on any atom is 0.270 e. The van der Waals surface area contributed by atoms with Crippen LogP contribution in [-0.4, -0.2) is 17.6 Å². The van der Waals surface area contributed by atoms with E-state index in [-0.39, 0.29) is 12.3 Å². The van der Waals surface area contributed by atoms with Crippen LogP contribution in [-0.2, 0) is 0 Å². The molecule has 0 unspecified atom stereocenters. The Kier molecular flexibility index (Phi) is 4.10. The molecule has 1 aliphatic carbocycles. The minimum Gasteiger partial charge on any atom is -0.390 e. The Bertz CT molecular complexity index is 140. The summed E-state index contributed by atoms with van der Waals surface area (Å²) in [7, 11) is 0. The standard InChI is InChI=1S/C10H18F2O/c11-10(12,8-13)7-9-5-3-1-2-4-6-9/h9,13H,1-8H2. The van der Waals surface area contributed by atoms with Gasteiger partial charge in [0.25, 0.3) is 5.92 Å². The molecule has 0 amide bonds. The Morgan fingerprint density at radius 1 is 1.08 bits per heavy atom. The first-order valence-corrected chi connectivity index (χ1v) is 5.13. The van der Waals surface area contributed by atoms with Gasteiger partial charge in [0, 0.05) is 6.42 Å². The first kappa shape index (κ1) is 10.9. The molecule has 3 heteroatoms. The summed E-state index contributed by atoms with van der Waals surface area (Å²) in [6, 6.07) is 0. The van der Waals surface area contributed by atoms with Gasteiger partial charge in [-0.3, -0.25) is 0 Å². The Morgan fingerprint density at radius 2 is 1.62 bits per heavy atom. The zero-order chi connectivity index (χ0) is 9.73. The van der Waals surface area contributed by atoms with Crippen molar-refractivity contribution in [1.29, 1.82) is 0 Å². The lowest BCUT2D eigenvalue weighted by Crippen LogP contribution is -2.25. The Balaban J connectivity index is 2.33. The molecule has 13 heavy (non-hydrogen) atoms. The molecule has 1 nitrogen and oxygen atoms in total. The van der Waals surface area contributed by atoms with E-state index in [2.05, 4.69) is 0 Å². The summed E-state index contributed by atoms with van der Waals surface area (Å²) in [6.07, 6.45) is 6.22. The molecule has 0 aromatic carbocycles. The summed E-state index contributed by atoms with van der Waals surface area (Å²) in [5.41, 5.74) is 0. The summed E-state index contributed by atoms with van der Waals surface area (Å²) < 4.78 is 25.6. The fourth-order valence-corrected chi connectivity index (χ4v) is 2.05. The molecule has 1 saturated carbocycles. The van der Waals surface area contributed by atoms with Crippen molar-refractivity contribution >= 4 is 0 Å². The van der Waals surface area contributed by atoms with E-state index >= 15 is 0 Å².